The first-order valence-electron chi connectivity index (χ1n) is 8.58. The second-order valence-electron chi connectivity index (χ2n) is 6.58. The van der Waals surface area contributed by atoms with Crippen LogP contribution in [0.15, 0.2) is 57.7 Å². The van der Waals surface area contributed by atoms with Crippen molar-refractivity contribution in [3.05, 3.63) is 70.2 Å². The summed E-state index contributed by atoms with van der Waals surface area (Å²) in [6.07, 6.45) is 1.93. The standard InChI is InChI=1S/C20H20N2O3/c1-14-8-10-15(11-9-14)16-6-4-12-21(16)19(23)13-22-17-5-2-3-7-18(17)25-20(22)24/h2-3,5,7-11,16H,4,6,12-13H2,1H3. The minimum Gasteiger partial charge on any atom is -0.408 e. The molecule has 1 unspecified atom stereocenters. The average Bonchev–Trinajstić information content (AvgIpc) is 3.21. The van der Waals surface area contributed by atoms with Gasteiger partial charge in [-0.05, 0) is 37.5 Å². The summed E-state index contributed by atoms with van der Waals surface area (Å²) in [6, 6.07) is 15.6. The summed E-state index contributed by atoms with van der Waals surface area (Å²) < 4.78 is 6.64. The number of para-hydroxylation sites is 2. The molecule has 5 heteroatoms. The van der Waals surface area contributed by atoms with Crippen LogP contribution in [-0.2, 0) is 11.3 Å². The number of hydrogen-bond donors (Lipinski definition) is 0. The Bertz CT molecular complexity index is 969. The smallest absolute Gasteiger partial charge is 0.408 e. The van der Waals surface area contributed by atoms with E-state index in [0.29, 0.717) is 11.1 Å². The third kappa shape index (κ3) is 2.86. The fraction of sp³-hybridized carbons (Fsp3) is 0.300. The monoisotopic (exact) mass is 336 g/mol. The number of benzene rings is 2. The van der Waals surface area contributed by atoms with Crippen LogP contribution in [0.25, 0.3) is 11.1 Å². The Hall–Kier alpha value is -2.82. The fourth-order valence-corrected chi connectivity index (χ4v) is 3.59. The van der Waals surface area contributed by atoms with Crippen molar-refractivity contribution >= 4 is 17.0 Å². The number of aromatic nitrogens is 1. The summed E-state index contributed by atoms with van der Waals surface area (Å²) >= 11 is 0. The lowest BCUT2D eigenvalue weighted by atomic mass is 10.0. The average molecular weight is 336 g/mol. The predicted octanol–water partition coefficient (Wildman–Crippen LogP) is 3.27. The first-order chi connectivity index (χ1) is 12.1. The number of amides is 1. The summed E-state index contributed by atoms with van der Waals surface area (Å²) in [7, 11) is 0. The molecule has 0 radical (unpaired) electrons. The van der Waals surface area contributed by atoms with Gasteiger partial charge in [0.2, 0.25) is 5.91 Å². The molecule has 1 atom stereocenters. The lowest BCUT2D eigenvalue weighted by Crippen LogP contribution is -2.35. The number of carbonyl (C=O) groups excluding carboxylic acids is 1. The van der Waals surface area contributed by atoms with Gasteiger partial charge in [-0.15, -0.1) is 0 Å². The highest BCUT2D eigenvalue weighted by molar-refractivity contribution is 5.80. The van der Waals surface area contributed by atoms with Gasteiger partial charge in [0.15, 0.2) is 5.58 Å². The van der Waals surface area contributed by atoms with Crippen LogP contribution in [0.2, 0.25) is 0 Å². The molecule has 0 aliphatic carbocycles. The maximum absolute atomic E-state index is 12.9. The first kappa shape index (κ1) is 15.7. The molecule has 1 aliphatic heterocycles. The van der Waals surface area contributed by atoms with Crippen molar-refractivity contribution in [3.63, 3.8) is 0 Å². The molecule has 2 heterocycles. The van der Waals surface area contributed by atoms with E-state index in [1.807, 2.05) is 17.0 Å². The Morgan fingerprint density at radius 1 is 1.16 bits per heavy atom. The van der Waals surface area contributed by atoms with Crippen molar-refractivity contribution < 1.29 is 9.21 Å². The number of aryl methyl sites for hydroxylation is 1. The van der Waals surface area contributed by atoms with Crippen molar-refractivity contribution in [3.8, 4) is 0 Å². The molecule has 1 fully saturated rings. The second kappa shape index (κ2) is 6.24. The minimum atomic E-state index is -0.486. The number of hydrogen-bond acceptors (Lipinski definition) is 3. The first-order valence-corrected chi connectivity index (χ1v) is 8.58. The van der Waals surface area contributed by atoms with Crippen molar-refractivity contribution in [2.45, 2.75) is 32.4 Å². The van der Waals surface area contributed by atoms with E-state index in [2.05, 4.69) is 31.2 Å². The highest BCUT2D eigenvalue weighted by atomic mass is 16.4. The molecule has 1 saturated heterocycles. The number of carbonyl (C=O) groups is 1. The predicted molar refractivity (Wildman–Crippen MR) is 95.3 cm³/mol. The molecule has 2 aromatic carbocycles. The summed E-state index contributed by atoms with van der Waals surface area (Å²) in [5.74, 6) is -0.530. The number of likely N-dealkylation sites (tertiary alicyclic amines) is 1. The molecule has 1 aliphatic rings. The minimum absolute atomic E-state index is 0.0121. The number of nitrogens with zero attached hydrogens (tertiary/aromatic N) is 2. The van der Waals surface area contributed by atoms with Crippen LogP contribution in [0.4, 0.5) is 0 Å². The number of fused-ring (bicyclic) bond motifs is 1. The van der Waals surface area contributed by atoms with Crippen molar-refractivity contribution in [1.82, 2.24) is 9.47 Å². The van der Waals surface area contributed by atoms with E-state index >= 15 is 0 Å². The number of rotatable bonds is 3. The molecule has 1 aromatic heterocycles. The summed E-state index contributed by atoms with van der Waals surface area (Å²) in [4.78, 5) is 26.9. The van der Waals surface area contributed by atoms with Gasteiger partial charge >= 0.3 is 5.76 Å². The van der Waals surface area contributed by atoms with Crippen molar-refractivity contribution in [2.75, 3.05) is 6.54 Å². The van der Waals surface area contributed by atoms with Crippen LogP contribution in [0.1, 0.15) is 30.0 Å². The Morgan fingerprint density at radius 2 is 1.92 bits per heavy atom. The van der Waals surface area contributed by atoms with E-state index in [1.165, 1.54) is 10.1 Å². The van der Waals surface area contributed by atoms with Crippen LogP contribution in [0.3, 0.4) is 0 Å². The van der Waals surface area contributed by atoms with Gasteiger partial charge in [-0.1, -0.05) is 42.0 Å². The Morgan fingerprint density at radius 3 is 2.72 bits per heavy atom. The molecule has 4 rings (SSSR count). The summed E-state index contributed by atoms with van der Waals surface area (Å²) in [6.45, 7) is 2.79. The lowest BCUT2D eigenvalue weighted by molar-refractivity contribution is -0.132. The van der Waals surface area contributed by atoms with E-state index in [-0.39, 0.29) is 18.5 Å². The topological polar surface area (TPSA) is 55.5 Å². The Labute approximate surface area is 145 Å². The Kier molecular flexibility index (Phi) is 3.92. The van der Waals surface area contributed by atoms with Gasteiger partial charge in [-0.2, -0.15) is 0 Å². The molecule has 0 saturated carbocycles. The molecule has 128 valence electrons. The second-order valence-corrected chi connectivity index (χ2v) is 6.58. The molecule has 3 aromatic rings. The lowest BCUT2D eigenvalue weighted by Gasteiger charge is -2.25. The molecular weight excluding hydrogens is 316 g/mol. The van der Waals surface area contributed by atoms with Crippen LogP contribution in [-0.4, -0.2) is 21.9 Å². The molecule has 5 nitrogen and oxygen atoms in total. The van der Waals surface area contributed by atoms with E-state index < -0.39 is 5.76 Å². The largest absolute Gasteiger partial charge is 0.420 e. The molecule has 0 spiro atoms. The summed E-state index contributed by atoms with van der Waals surface area (Å²) in [5, 5.41) is 0. The van der Waals surface area contributed by atoms with Gasteiger partial charge in [0.1, 0.15) is 6.54 Å². The van der Waals surface area contributed by atoms with E-state index in [9.17, 15) is 9.59 Å². The highest BCUT2D eigenvalue weighted by Gasteiger charge is 2.30. The van der Waals surface area contributed by atoms with Gasteiger partial charge in [0.05, 0.1) is 11.6 Å². The van der Waals surface area contributed by atoms with Crippen LogP contribution >= 0.6 is 0 Å². The zero-order chi connectivity index (χ0) is 17.4. The maximum atomic E-state index is 12.9. The number of oxazole rings is 1. The van der Waals surface area contributed by atoms with Crippen molar-refractivity contribution in [1.29, 1.82) is 0 Å². The van der Waals surface area contributed by atoms with E-state index in [1.54, 1.807) is 12.1 Å². The van der Waals surface area contributed by atoms with E-state index in [4.69, 9.17) is 4.42 Å². The van der Waals surface area contributed by atoms with Gasteiger partial charge < -0.3 is 9.32 Å². The third-order valence-electron chi connectivity index (χ3n) is 4.90. The van der Waals surface area contributed by atoms with Gasteiger partial charge in [0, 0.05) is 6.54 Å². The fourth-order valence-electron chi connectivity index (χ4n) is 3.59. The zero-order valence-electron chi connectivity index (χ0n) is 14.1. The Balaban J connectivity index is 1.60. The zero-order valence-corrected chi connectivity index (χ0v) is 14.1. The third-order valence-corrected chi connectivity index (χ3v) is 4.90. The normalized spacial score (nSPS) is 17.3. The van der Waals surface area contributed by atoms with Gasteiger partial charge in [-0.25, -0.2) is 4.79 Å². The van der Waals surface area contributed by atoms with Crippen LogP contribution in [0, 0.1) is 6.92 Å². The highest BCUT2D eigenvalue weighted by Crippen LogP contribution is 2.32. The van der Waals surface area contributed by atoms with Gasteiger partial charge in [0.25, 0.3) is 0 Å². The SMILES string of the molecule is Cc1ccc(C2CCCN2C(=O)Cn2c(=O)oc3ccccc32)cc1. The van der Waals surface area contributed by atoms with Gasteiger partial charge in [-0.3, -0.25) is 9.36 Å². The molecular formula is C20H20N2O3. The maximum Gasteiger partial charge on any atom is 0.420 e. The van der Waals surface area contributed by atoms with Crippen molar-refractivity contribution in [2.24, 2.45) is 0 Å². The van der Waals surface area contributed by atoms with Crippen LogP contribution in [0.5, 0.6) is 0 Å². The quantitative estimate of drug-likeness (QED) is 0.738. The summed E-state index contributed by atoms with van der Waals surface area (Å²) in [5.41, 5.74) is 3.53. The van der Waals surface area contributed by atoms with Crippen LogP contribution < -0.4 is 5.76 Å². The van der Waals surface area contributed by atoms with E-state index in [0.717, 1.165) is 24.9 Å². The molecule has 0 N–H and O–H groups in total. The molecule has 1 amide bonds. The molecule has 0 bridgehead atoms. The molecule has 25 heavy (non-hydrogen) atoms.